The summed E-state index contributed by atoms with van der Waals surface area (Å²) in [6.45, 7) is 1.61. The first-order valence-corrected chi connectivity index (χ1v) is 7.13. The smallest absolute Gasteiger partial charge is 0.338 e. The Kier molecular flexibility index (Phi) is 4.29. The number of carboxylic acids is 1. The molecule has 0 aromatic heterocycles. The average Bonchev–Trinajstić information content (AvgIpc) is 2.74. The third kappa shape index (κ3) is 3.11. The molecule has 7 heteroatoms. The molecule has 0 saturated carbocycles. The van der Waals surface area contributed by atoms with Crippen LogP contribution in [0.4, 0.5) is 5.69 Å². The van der Waals surface area contributed by atoms with E-state index in [0.29, 0.717) is 17.2 Å². The van der Waals surface area contributed by atoms with Crippen LogP contribution in [0.1, 0.15) is 15.9 Å². The van der Waals surface area contributed by atoms with E-state index < -0.39 is 11.9 Å². The largest absolute Gasteiger partial charge is 0.478 e. The molecule has 0 unspecified atom stereocenters. The molecule has 1 aliphatic heterocycles. The summed E-state index contributed by atoms with van der Waals surface area (Å²) in [6.07, 6.45) is 0. The highest BCUT2D eigenvalue weighted by molar-refractivity contribution is 8.00. The van der Waals surface area contributed by atoms with E-state index >= 15 is 0 Å². The zero-order valence-corrected chi connectivity index (χ0v) is 11.7. The van der Waals surface area contributed by atoms with Crippen LogP contribution in [0, 0.1) is 6.92 Å². The number of carboxylic acid groups (broad SMARTS) is 1. The highest BCUT2D eigenvalue weighted by Gasteiger charge is 2.23. The molecule has 2 amide bonds. The van der Waals surface area contributed by atoms with Gasteiger partial charge in [0.05, 0.1) is 22.9 Å². The number of benzene rings is 1. The Labute approximate surface area is 120 Å². The van der Waals surface area contributed by atoms with Crippen LogP contribution in [-0.2, 0) is 9.59 Å². The van der Waals surface area contributed by atoms with E-state index in [1.807, 2.05) is 0 Å². The number of carbonyl (C=O) groups excluding carboxylic acids is 2. The molecule has 2 rings (SSSR count). The average molecular weight is 294 g/mol. The van der Waals surface area contributed by atoms with Crippen LogP contribution in [0.25, 0.3) is 0 Å². The summed E-state index contributed by atoms with van der Waals surface area (Å²) in [5.41, 5.74) is 0.896. The van der Waals surface area contributed by atoms with E-state index in [0.717, 1.165) is 0 Å². The van der Waals surface area contributed by atoms with Crippen LogP contribution in [0.3, 0.4) is 0 Å². The normalized spacial score (nSPS) is 14.4. The van der Waals surface area contributed by atoms with Gasteiger partial charge in [-0.25, -0.2) is 4.79 Å². The molecule has 1 aromatic carbocycles. The van der Waals surface area contributed by atoms with E-state index in [4.69, 9.17) is 5.11 Å². The van der Waals surface area contributed by atoms with Crippen molar-refractivity contribution in [2.24, 2.45) is 0 Å². The van der Waals surface area contributed by atoms with E-state index in [-0.39, 0.29) is 23.7 Å². The maximum Gasteiger partial charge on any atom is 0.338 e. The van der Waals surface area contributed by atoms with Gasteiger partial charge in [0.15, 0.2) is 0 Å². The maximum absolute atomic E-state index is 11.9. The first kappa shape index (κ1) is 14.4. The minimum absolute atomic E-state index is 0.0567. The number of amides is 2. The van der Waals surface area contributed by atoms with Gasteiger partial charge < -0.3 is 15.3 Å². The fraction of sp³-hybridized carbons (Fsp3) is 0.308. The van der Waals surface area contributed by atoms with Crippen LogP contribution >= 0.6 is 11.8 Å². The SMILES string of the molecule is Cc1cccc(NC(=O)CN2CSCC2=O)c1C(=O)O. The number of hydrogen-bond donors (Lipinski definition) is 2. The van der Waals surface area contributed by atoms with Crippen molar-refractivity contribution < 1.29 is 19.5 Å². The third-order valence-corrected chi connectivity index (χ3v) is 3.87. The number of anilines is 1. The van der Waals surface area contributed by atoms with Crippen molar-refractivity contribution >= 4 is 35.2 Å². The molecule has 6 nitrogen and oxygen atoms in total. The van der Waals surface area contributed by atoms with Gasteiger partial charge in [0.1, 0.15) is 6.54 Å². The van der Waals surface area contributed by atoms with Crippen molar-refractivity contribution in [2.75, 3.05) is 23.5 Å². The van der Waals surface area contributed by atoms with Crippen molar-refractivity contribution in [1.29, 1.82) is 0 Å². The van der Waals surface area contributed by atoms with Gasteiger partial charge in [-0.05, 0) is 18.6 Å². The minimum atomic E-state index is -1.09. The zero-order chi connectivity index (χ0) is 14.7. The van der Waals surface area contributed by atoms with E-state index in [1.54, 1.807) is 19.1 Å². The summed E-state index contributed by atoms with van der Waals surface area (Å²) in [6, 6.07) is 4.88. The van der Waals surface area contributed by atoms with E-state index in [2.05, 4.69) is 5.32 Å². The Morgan fingerprint density at radius 3 is 2.80 bits per heavy atom. The minimum Gasteiger partial charge on any atom is -0.478 e. The van der Waals surface area contributed by atoms with Crippen molar-refractivity contribution in [3.8, 4) is 0 Å². The second kappa shape index (κ2) is 5.96. The quantitative estimate of drug-likeness (QED) is 0.870. The van der Waals surface area contributed by atoms with Crippen LogP contribution in [-0.4, -0.2) is 46.0 Å². The van der Waals surface area contributed by atoms with Gasteiger partial charge >= 0.3 is 5.97 Å². The molecule has 0 radical (unpaired) electrons. The summed E-state index contributed by atoms with van der Waals surface area (Å²) in [4.78, 5) is 36.0. The molecule has 0 spiro atoms. The Morgan fingerprint density at radius 2 is 2.20 bits per heavy atom. The molecule has 1 fully saturated rings. The molecule has 0 bridgehead atoms. The Morgan fingerprint density at radius 1 is 1.45 bits per heavy atom. The first-order valence-electron chi connectivity index (χ1n) is 5.97. The molecule has 106 valence electrons. The number of aryl methyl sites for hydroxylation is 1. The van der Waals surface area contributed by atoms with Gasteiger partial charge in [0.2, 0.25) is 11.8 Å². The summed E-state index contributed by atoms with van der Waals surface area (Å²) in [5, 5.41) is 11.7. The molecule has 1 saturated heterocycles. The number of thioether (sulfide) groups is 1. The van der Waals surface area contributed by atoms with Crippen LogP contribution in [0.15, 0.2) is 18.2 Å². The Hall–Kier alpha value is -2.02. The molecule has 1 aliphatic rings. The van der Waals surface area contributed by atoms with Crippen LogP contribution < -0.4 is 5.32 Å². The highest BCUT2D eigenvalue weighted by atomic mass is 32.2. The lowest BCUT2D eigenvalue weighted by Crippen LogP contribution is -2.34. The highest BCUT2D eigenvalue weighted by Crippen LogP contribution is 2.20. The number of rotatable bonds is 4. The van der Waals surface area contributed by atoms with Gasteiger partial charge in [-0.1, -0.05) is 12.1 Å². The van der Waals surface area contributed by atoms with Crippen molar-refractivity contribution in [1.82, 2.24) is 4.90 Å². The summed E-state index contributed by atoms with van der Waals surface area (Å²) in [7, 11) is 0. The fourth-order valence-electron chi connectivity index (χ4n) is 1.96. The maximum atomic E-state index is 11.9. The standard InChI is InChI=1S/C13H14N2O4S/c1-8-3-2-4-9(12(8)13(18)19)14-10(16)5-15-7-20-6-11(15)17/h2-4H,5-7H2,1H3,(H,14,16)(H,18,19). The van der Waals surface area contributed by atoms with Gasteiger partial charge in [-0.15, -0.1) is 11.8 Å². The second-order valence-electron chi connectivity index (χ2n) is 4.42. The van der Waals surface area contributed by atoms with Crippen LogP contribution in [0.5, 0.6) is 0 Å². The monoisotopic (exact) mass is 294 g/mol. The Bertz CT molecular complexity index is 573. The molecule has 0 aliphatic carbocycles. The number of nitrogens with zero attached hydrogens (tertiary/aromatic N) is 1. The molecular formula is C13H14N2O4S. The van der Waals surface area contributed by atoms with Gasteiger partial charge in [-0.2, -0.15) is 0 Å². The molecular weight excluding hydrogens is 280 g/mol. The van der Waals surface area contributed by atoms with Gasteiger partial charge in [-0.3, -0.25) is 9.59 Å². The van der Waals surface area contributed by atoms with Gasteiger partial charge in [0, 0.05) is 0 Å². The molecule has 1 heterocycles. The summed E-state index contributed by atoms with van der Waals surface area (Å²) >= 11 is 1.45. The zero-order valence-electron chi connectivity index (χ0n) is 10.9. The summed E-state index contributed by atoms with van der Waals surface area (Å²) in [5.74, 6) is -0.683. The number of nitrogens with one attached hydrogen (secondary N) is 1. The Balaban J connectivity index is 2.10. The fourth-order valence-corrected chi connectivity index (χ4v) is 2.86. The molecule has 20 heavy (non-hydrogen) atoms. The number of carbonyl (C=O) groups is 3. The molecule has 2 N–H and O–H groups in total. The number of aromatic carboxylic acids is 1. The lowest BCUT2D eigenvalue weighted by Gasteiger charge is -2.15. The lowest BCUT2D eigenvalue weighted by atomic mass is 10.1. The van der Waals surface area contributed by atoms with Crippen molar-refractivity contribution in [3.63, 3.8) is 0 Å². The number of hydrogen-bond acceptors (Lipinski definition) is 4. The first-order chi connectivity index (χ1) is 9.49. The molecule has 0 atom stereocenters. The molecule has 1 aromatic rings. The topological polar surface area (TPSA) is 86.7 Å². The van der Waals surface area contributed by atoms with Crippen molar-refractivity contribution in [3.05, 3.63) is 29.3 Å². The van der Waals surface area contributed by atoms with E-state index in [1.165, 1.54) is 22.7 Å². The lowest BCUT2D eigenvalue weighted by molar-refractivity contribution is -0.130. The summed E-state index contributed by atoms with van der Waals surface area (Å²) < 4.78 is 0. The predicted octanol–water partition coefficient (Wildman–Crippen LogP) is 1.16. The third-order valence-electron chi connectivity index (χ3n) is 2.92. The second-order valence-corrected chi connectivity index (χ2v) is 5.38. The van der Waals surface area contributed by atoms with Gasteiger partial charge in [0.25, 0.3) is 0 Å². The van der Waals surface area contributed by atoms with Crippen molar-refractivity contribution in [2.45, 2.75) is 6.92 Å². The van der Waals surface area contributed by atoms with Crippen LogP contribution in [0.2, 0.25) is 0 Å². The predicted molar refractivity (Wildman–Crippen MR) is 75.8 cm³/mol. The van der Waals surface area contributed by atoms with E-state index in [9.17, 15) is 14.4 Å².